The Labute approximate surface area is 206 Å². The molecule has 182 valence electrons. The molecule has 11 heteroatoms. The molecule has 0 spiro atoms. The van der Waals surface area contributed by atoms with Crippen LogP contribution in [0.4, 0.5) is 30.9 Å². The Morgan fingerprint density at radius 3 is 2.49 bits per heavy atom. The highest BCUT2D eigenvalue weighted by atomic mass is 35.5. The van der Waals surface area contributed by atoms with E-state index in [9.17, 15) is 13.6 Å². The standard InChI is InChI=1S/C24H24ClF2N7O/c1-24(2,3)31-12-17(21(28)20-6-7-30-22(29)33-20)13-8-15(27)10-16(9-13)32-23(35)34-19-5-4-14(26)11-18(19)25/h4-12,28,31H,1-3H3,(H2,29,30,33)(H2,32,34,35)/b17-12-,28-21?. The minimum Gasteiger partial charge on any atom is -0.386 e. The van der Waals surface area contributed by atoms with E-state index in [4.69, 9.17) is 22.7 Å². The number of halogens is 3. The van der Waals surface area contributed by atoms with Crippen LogP contribution in [0.2, 0.25) is 5.02 Å². The highest BCUT2D eigenvalue weighted by molar-refractivity contribution is 6.33. The molecule has 2 amide bonds. The summed E-state index contributed by atoms with van der Waals surface area (Å²) in [5.41, 5.74) is 6.43. The van der Waals surface area contributed by atoms with Gasteiger partial charge in [0.05, 0.1) is 22.1 Å². The third kappa shape index (κ3) is 7.21. The number of nitrogens with zero attached hydrogens (tertiary/aromatic N) is 2. The molecule has 3 rings (SSSR count). The van der Waals surface area contributed by atoms with Crippen LogP contribution in [0, 0.1) is 17.0 Å². The minimum absolute atomic E-state index is 0.00639. The molecule has 35 heavy (non-hydrogen) atoms. The molecule has 0 aliphatic heterocycles. The van der Waals surface area contributed by atoms with E-state index in [0.29, 0.717) is 11.1 Å². The summed E-state index contributed by atoms with van der Waals surface area (Å²) in [4.78, 5) is 20.4. The van der Waals surface area contributed by atoms with Crippen molar-refractivity contribution >= 4 is 46.2 Å². The summed E-state index contributed by atoms with van der Waals surface area (Å²) in [6, 6.07) is 8.17. The summed E-state index contributed by atoms with van der Waals surface area (Å²) in [7, 11) is 0. The van der Waals surface area contributed by atoms with Crippen molar-refractivity contribution in [1.82, 2.24) is 15.3 Å². The third-order valence-corrected chi connectivity index (χ3v) is 4.81. The predicted octanol–water partition coefficient (Wildman–Crippen LogP) is 5.43. The van der Waals surface area contributed by atoms with Gasteiger partial charge >= 0.3 is 6.03 Å². The van der Waals surface area contributed by atoms with Gasteiger partial charge in [-0.05, 0) is 68.8 Å². The van der Waals surface area contributed by atoms with Crippen LogP contribution in [0.15, 0.2) is 54.9 Å². The molecule has 3 aromatic rings. The van der Waals surface area contributed by atoms with Gasteiger partial charge in [-0.3, -0.25) is 5.41 Å². The van der Waals surface area contributed by atoms with Crippen LogP contribution >= 0.6 is 11.6 Å². The Hall–Kier alpha value is -4.05. The van der Waals surface area contributed by atoms with Crippen LogP contribution in [-0.4, -0.2) is 27.2 Å². The second-order valence-corrected chi connectivity index (χ2v) is 8.97. The second kappa shape index (κ2) is 10.5. The van der Waals surface area contributed by atoms with Gasteiger partial charge in [-0.2, -0.15) is 0 Å². The van der Waals surface area contributed by atoms with E-state index in [1.807, 2.05) is 20.8 Å². The zero-order valence-electron chi connectivity index (χ0n) is 19.2. The molecule has 0 atom stereocenters. The molecular weight excluding hydrogens is 476 g/mol. The molecule has 1 heterocycles. The van der Waals surface area contributed by atoms with Gasteiger partial charge in [-0.15, -0.1) is 0 Å². The maximum Gasteiger partial charge on any atom is 0.323 e. The van der Waals surface area contributed by atoms with E-state index >= 15 is 0 Å². The van der Waals surface area contributed by atoms with E-state index in [-0.39, 0.29) is 39.3 Å². The number of nitrogen functional groups attached to an aromatic ring is 1. The summed E-state index contributed by atoms with van der Waals surface area (Å²) in [5.74, 6) is -1.20. The maximum atomic E-state index is 14.6. The van der Waals surface area contributed by atoms with E-state index in [1.54, 1.807) is 6.20 Å². The summed E-state index contributed by atoms with van der Waals surface area (Å²) >= 11 is 5.94. The van der Waals surface area contributed by atoms with E-state index in [0.717, 1.165) is 18.2 Å². The molecule has 0 bridgehead atoms. The Balaban J connectivity index is 1.93. The Morgan fingerprint density at radius 2 is 1.83 bits per heavy atom. The maximum absolute atomic E-state index is 14.6. The second-order valence-electron chi connectivity index (χ2n) is 8.56. The minimum atomic E-state index is -0.716. The van der Waals surface area contributed by atoms with Crippen molar-refractivity contribution in [2.75, 3.05) is 16.4 Å². The molecule has 8 nitrogen and oxygen atoms in total. The summed E-state index contributed by atoms with van der Waals surface area (Å²) in [6.45, 7) is 5.78. The molecule has 1 aromatic heterocycles. The molecule has 6 N–H and O–H groups in total. The van der Waals surface area contributed by atoms with Crippen LogP contribution in [-0.2, 0) is 0 Å². The number of anilines is 3. The molecular formula is C24H24ClF2N7O. The fourth-order valence-corrected chi connectivity index (χ4v) is 3.15. The van der Waals surface area contributed by atoms with Crippen LogP contribution in [0.1, 0.15) is 32.0 Å². The number of aromatic nitrogens is 2. The highest BCUT2D eigenvalue weighted by Crippen LogP contribution is 2.26. The number of hydrogen-bond donors (Lipinski definition) is 5. The highest BCUT2D eigenvalue weighted by Gasteiger charge is 2.17. The van der Waals surface area contributed by atoms with Gasteiger partial charge in [0.25, 0.3) is 0 Å². The first kappa shape index (κ1) is 25.6. The zero-order chi connectivity index (χ0) is 25.8. The topological polar surface area (TPSA) is 129 Å². The van der Waals surface area contributed by atoms with Crippen LogP contribution in [0.3, 0.4) is 0 Å². The lowest BCUT2D eigenvalue weighted by atomic mass is 9.98. The number of carbonyl (C=O) groups is 1. The van der Waals surface area contributed by atoms with Crippen molar-refractivity contribution in [3.8, 4) is 0 Å². The van der Waals surface area contributed by atoms with Crippen molar-refractivity contribution in [2.45, 2.75) is 26.3 Å². The summed E-state index contributed by atoms with van der Waals surface area (Å²) < 4.78 is 27.8. The smallest absolute Gasteiger partial charge is 0.323 e. The SMILES string of the molecule is CC(C)(C)N/C=C(\C(=N)c1ccnc(N)n1)c1cc(F)cc(NC(=O)Nc2ccc(F)cc2Cl)c1. The average Bonchev–Trinajstić information content (AvgIpc) is 2.74. The van der Waals surface area contributed by atoms with Crippen LogP contribution in [0.5, 0.6) is 0 Å². The van der Waals surface area contributed by atoms with E-state index in [2.05, 4.69) is 25.9 Å². The van der Waals surface area contributed by atoms with Gasteiger partial charge in [-0.1, -0.05) is 11.6 Å². The van der Waals surface area contributed by atoms with Gasteiger partial charge in [0.15, 0.2) is 0 Å². The van der Waals surface area contributed by atoms with Crippen LogP contribution < -0.4 is 21.7 Å². The Kier molecular flexibility index (Phi) is 7.65. The first-order valence-corrected chi connectivity index (χ1v) is 10.8. The van der Waals surface area contributed by atoms with E-state index in [1.165, 1.54) is 30.5 Å². The molecule has 0 aliphatic rings. The van der Waals surface area contributed by atoms with Gasteiger partial charge in [0.2, 0.25) is 5.95 Å². The number of rotatable bonds is 6. The lowest BCUT2D eigenvalue weighted by molar-refractivity contribution is 0.262. The molecule has 0 saturated heterocycles. The number of amides is 2. The number of nitrogens with one attached hydrogen (secondary N) is 4. The molecule has 0 aliphatic carbocycles. The summed E-state index contributed by atoms with van der Waals surface area (Å²) in [6.07, 6.45) is 3.00. The van der Waals surface area contributed by atoms with Gasteiger partial charge in [0.1, 0.15) is 11.6 Å². The monoisotopic (exact) mass is 499 g/mol. The normalized spacial score (nSPS) is 11.7. The fourth-order valence-electron chi connectivity index (χ4n) is 2.93. The zero-order valence-corrected chi connectivity index (χ0v) is 20.0. The average molecular weight is 500 g/mol. The van der Waals surface area contributed by atoms with Crippen molar-refractivity contribution < 1.29 is 13.6 Å². The number of allylic oxidation sites excluding steroid dienone is 1. The van der Waals surface area contributed by atoms with Crippen molar-refractivity contribution in [3.63, 3.8) is 0 Å². The van der Waals surface area contributed by atoms with Gasteiger partial charge in [-0.25, -0.2) is 23.5 Å². The molecule has 0 fully saturated rings. The number of carbonyl (C=O) groups excluding carboxylic acids is 1. The van der Waals surface area contributed by atoms with Crippen molar-refractivity contribution in [1.29, 1.82) is 5.41 Å². The fraction of sp³-hybridized carbons (Fsp3) is 0.167. The predicted molar refractivity (Wildman–Crippen MR) is 135 cm³/mol. The molecule has 2 aromatic carbocycles. The van der Waals surface area contributed by atoms with Crippen molar-refractivity contribution in [2.24, 2.45) is 0 Å². The van der Waals surface area contributed by atoms with Gasteiger partial charge in [0, 0.05) is 29.2 Å². The number of benzene rings is 2. The third-order valence-electron chi connectivity index (χ3n) is 4.50. The molecule has 0 radical (unpaired) electrons. The first-order chi connectivity index (χ1) is 16.4. The number of nitrogens with two attached hydrogens (primary N) is 1. The Bertz CT molecular complexity index is 1310. The quantitative estimate of drug-likeness (QED) is 0.289. The first-order valence-electron chi connectivity index (χ1n) is 10.4. The number of urea groups is 1. The van der Waals surface area contributed by atoms with Crippen molar-refractivity contribution in [3.05, 3.63) is 82.8 Å². The molecule has 0 saturated carbocycles. The lowest BCUT2D eigenvalue weighted by Crippen LogP contribution is -2.32. The Morgan fingerprint density at radius 1 is 1.09 bits per heavy atom. The van der Waals surface area contributed by atoms with E-state index < -0.39 is 17.7 Å². The summed E-state index contributed by atoms with van der Waals surface area (Å²) in [5, 5.41) is 16.9. The van der Waals surface area contributed by atoms with Crippen LogP contribution in [0.25, 0.3) is 5.57 Å². The van der Waals surface area contributed by atoms with Gasteiger partial charge < -0.3 is 21.7 Å². The largest absolute Gasteiger partial charge is 0.386 e. The lowest BCUT2D eigenvalue weighted by Gasteiger charge is -2.21. The molecule has 0 unspecified atom stereocenters. The number of hydrogen-bond acceptors (Lipinski definition) is 6.